The van der Waals surface area contributed by atoms with Crippen LogP contribution in [0.2, 0.25) is 0 Å². The largest absolute Gasteiger partial charge is 0.355 e. The van der Waals surface area contributed by atoms with Gasteiger partial charge in [-0.3, -0.25) is 4.79 Å². The lowest BCUT2D eigenvalue weighted by atomic mass is 9.97. The molecule has 1 heterocycles. The zero-order valence-corrected chi connectivity index (χ0v) is 12.2. The Morgan fingerprint density at radius 1 is 1.27 bits per heavy atom. The van der Waals surface area contributed by atoms with E-state index in [1.165, 1.54) is 23.8 Å². The number of halogens is 1. The molecule has 2 aromatic carbocycles. The number of anilines is 2. The number of hydrogen-bond acceptors (Lipinski definition) is 2. The molecule has 0 radical (unpaired) electrons. The summed E-state index contributed by atoms with van der Waals surface area (Å²) in [5.41, 5.74) is 3.90. The predicted molar refractivity (Wildman–Crippen MR) is 85.4 cm³/mol. The van der Waals surface area contributed by atoms with E-state index in [4.69, 9.17) is 0 Å². The van der Waals surface area contributed by atoms with Gasteiger partial charge in [-0.1, -0.05) is 24.8 Å². The van der Waals surface area contributed by atoms with E-state index in [2.05, 4.69) is 18.0 Å². The lowest BCUT2D eigenvalue weighted by Crippen LogP contribution is -2.35. The van der Waals surface area contributed by atoms with E-state index >= 15 is 0 Å². The van der Waals surface area contributed by atoms with Gasteiger partial charge in [0, 0.05) is 24.5 Å². The standard InChI is InChI=1S/C18H17FN2O/c1-2-18(22)21-10-9-13-5-3-8-17(16(13)12-21)20-15-7-4-6-14(19)11-15/h2-8,11,20H,1,9-10,12H2. The molecule has 3 nitrogen and oxygen atoms in total. The van der Waals surface area contributed by atoms with Crippen LogP contribution in [0.3, 0.4) is 0 Å². The highest BCUT2D eigenvalue weighted by Crippen LogP contribution is 2.29. The number of carbonyl (C=O) groups excluding carboxylic acids is 1. The van der Waals surface area contributed by atoms with Crippen molar-refractivity contribution >= 4 is 17.3 Å². The number of nitrogens with zero attached hydrogens (tertiary/aromatic N) is 1. The zero-order chi connectivity index (χ0) is 15.5. The first-order valence-corrected chi connectivity index (χ1v) is 7.22. The average molecular weight is 296 g/mol. The van der Waals surface area contributed by atoms with Gasteiger partial charge in [-0.25, -0.2) is 4.39 Å². The van der Waals surface area contributed by atoms with Crippen molar-refractivity contribution in [3.63, 3.8) is 0 Å². The number of rotatable bonds is 3. The van der Waals surface area contributed by atoms with Crippen molar-refractivity contribution in [2.24, 2.45) is 0 Å². The minimum Gasteiger partial charge on any atom is -0.355 e. The number of carbonyl (C=O) groups is 1. The summed E-state index contributed by atoms with van der Waals surface area (Å²) >= 11 is 0. The summed E-state index contributed by atoms with van der Waals surface area (Å²) < 4.78 is 13.3. The zero-order valence-electron chi connectivity index (χ0n) is 12.2. The van der Waals surface area contributed by atoms with Gasteiger partial charge in [-0.05, 0) is 47.9 Å². The van der Waals surface area contributed by atoms with Crippen LogP contribution in [0.4, 0.5) is 15.8 Å². The molecular formula is C18H17FN2O. The van der Waals surface area contributed by atoms with E-state index < -0.39 is 0 Å². The minimum absolute atomic E-state index is 0.0637. The number of hydrogen-bond donors (Lipinski definition) is 1. The van der Waals surface area contributed by atoms with Crippen LogP contribution in [0.1, 0.15) is 11.1 Å². The second-order valence-electron chi connectivity index (χ2n) is 5.29. The topological polar surface area (TPSA) is 32.3 Å². The molecule has 0 bridgehead atoms. The van der Waals surface area contributed by atoms with Crippen molar-refractivity contribution in [3.05, 3.63) is 72.1 Å². The first-order valence-electron chi connectivity index (χ1n) is 7.22. The molecule has 1 aliphatic rings. The van der Waals surface area contributed by atoms with Crippen molar-refractivity contribution in [2.45, 2.75) is 13.0 Å². The molecule has 0 aliphatic carbocycles. The maximum atomic E-state index is 13.3. The molecule has 0 spiro atoms. The van der Waals surface area contributed by atoms with Crippen LogP contribution >= 0.6 is 0 Å². The second kappa shape index (κ2) is 6.02. The van der Waals surface area contributed by atoms with Crippen LogP contribution in [0, 0.1) is 5.82 Å². The molecule has 1 amide bonds. The predicted octanol–water partition coefficient (Wildman–Crippen LogP) is 3.64. The summed E-state index contributed by atoms with van der Waals surface area (Å²) in [6, 6.07) is 12.3. The number of amides is 1. The normalized spacial score (nSPS) is 13.4. The average Bonchev–Trinajstić information content (AvgIpc) is 2.54. The molecule has 0 fully saturated rings. The summed E-state index contributed by atoms with van der Waals surface area (Å²) in [4.78, 5) is 13.6. The maximum Gasteiger partial charge on any atom is 0.246 e. The van der Waals surface area contributed by atoms with E-state index in [9.17, 15) is 9.18 Å². The Kier molecular flexibility index (Phi) is 3.92. The lowest BCUT2D eigenvalue weighted by molar-refractivity contribution is -0.126. The molecule has 2 aromatic rings. The van der Waals surface area contributed by atoms with E-state index in [0.717, 1.165) is 17.7 Å². The molecule has 1 N–H and O–H groups in total. The van der Waals surface area contributed by atoms with Gasteiger partial charge < -0.3 is 10.2 Å². The molecule has 0 unspecified atom stereocenters. The van der Waals surface area contributed by atoms with E-state index in [1.807, 2.05) is 18.2 Å². The van der Waals surface area contributed by atoms with Gasteiger partial charge in [-0.2, -0.15) is 0 Å². The van der Waals surface area contributed by atoms with Crippen LogP contribution in [-0.2, 0) is 17.8 Å². The van der Waals surface area contributed by atoms with Crippen molar-refractivity contribution in [3.8, 4) is 0 Å². The Labute approximate surface area is 129 Å². The molecule has 0 saturated heterocycles. The highest BCUT2D eigenvalue weighted by Gasteiger charge is 2.21. The Morgan fingerprint density at radius 3 is 2.86 bits per heavy atom. The third kappa shape index (κ3) is 2.86. The monoisotopic (exact) mass is 296 g/mol. The summed E-state index contributed by atoms with van der Waals surface area (Å²) in [5, 5.41) is 3.25. The molecule has 1 aliphatic heterocycles. The van der Waals surface area contributed by atoms with Crippen LogP contribution < -0.4 is 5.32 Å². The van der Waals surface area contributed by atoms with Crippen molar-refractivity contribution < 1.29 is 9.18 Å². The fraction of sp³-hybridized carbons (Fsp3) is 0.167. The molecule has 0 atom stereocenters. The quantitative estimate of drug-likeness (QED) is 0.877. The van der Waals surface area contributed by atoms with Gasteiger partial charge in [0.25, 0.3) is 0 Å². The van der Waals surface area contributed by atoms with Crippen molar-refractivity contribution in [1.29, 1.82) is 0 Å². The van der Waals surface area contributed by atoms with Gasteiger partial charge in [0.2, 0.25) is 5.91 Å². The first kappa shape index (κ1) is 14.3. The van der Waals surface area contributed by atoms with Crippen molar-refractivity contribution in [2.75, 3.05) is 11.9 Å². The molecule has 3 rings (SSSR count). The lowest BCUT2D eigenvalue weighted by Gasteiger charge is -2.29. The first-order chi connectivity index (χ1) is 10.7. The third-order valence-electron chi connectivity index (χ3n) is 3.86. The molecule has 0 aromatic heterocycles. The van der Waals surface area contributed by atoms with Gasteiger partial charge in [0.1, 0.15) is 5.82 Å². The molecule has 4 heteroatoms. The van der Waals surface area contributed by atoms with Gasteiger partial charge in [0.05, 0.1) is 0 Å². The molecule has 22 heavy (non-hydrogen) atoms. The van der Waals surface area contributed by atoms with Crippen molar-refractivity contribution in [1.82, 2.24) is 4.90 Å². The maximum absolute atomic E-state index is 13.3. The highest BCUT2D eigenvalue weighted by molar-refractivity contribution is 5.87. The smallest absolute Gasteiger partial charge is 0.246 e. The summed E-state index contributed by atoms with van der Waals surface area (Å²) in [7, 11) is 0. The Bertz CT molecular complexity index is 727. The molecule has 112 valence electrons. The SMILES string of the molecule is C=CC(=O)N1CCc2cccc(Nc3cccc(F)c3)c2C1. The third-order valence-corrected chi connectivity index (χ3v) is 3.86. The van der Waals surface area contributed by atoms with Gasteiger partial charge >= 0.3 is 0 Å². The van der Waals surface area contributed by atoms with Gasteiger partial charge in [-0.15, -0.1) is 0 Å². The highest BCUT2D eigenvalue weighted by atomic mass is 19.1. The fourth-order valence-electron chi connectivity index (χ4n) is 2.74. The molecular weight excluding hydrogens is 279 g/mol. The molecule has 0 saturated carbocycles. The van der Waals surface area contributed by atoms with E-state index in [-0.39, 0.29) is 11.7 Å². The summed E-state index contributed by atoms with van der Waals surface area (Å²) in [6.45, 7) is 4.78. The van der Waals surface area contributed by atoms with Crippen LogP contribution in [0.15, 0.2) is 55.1 Å². The van der Waals surface area contributed by atoms with E-state index in [1.54, 1.807) is 11.0 Å². The summed E-state index contributed by atoms with van der Waals surface area (Å²) in [5.74, 6) is -0.343. The summed E-state index contributed by atoms with van der Waals surface area (Å²) in [6.07, 6.45) is 2.15. The van der Waals surface area contributed by atoms with Gasteiger partial charge in [0.15, 0.2) is 0 Å². The van der Waals surface area contributed by atoms with Crippen LogP contribution in [0.25, 0.3) is 0 Å². The fourth-order valence-corrected chi connectivity index (χ4v) is 2.74. The second-order valence-corrected chi connectivity index (χ2v) is 5.29. The number of fused-ring (bicyclic) bond motifs is 1. The number of nitrogens with one attached hydrogen (secondary N) is 1. The number of benzene rings is 2. The van der Waals surface area contributed by atoms with Crippen LogP contribution in [-0.4, -0.2) is 17.4 Å². The Hall–Kier alpha value is -2.62. The van der Waals surface area contributed by atoms with Crippen LogP contribution in [0.5, 0.6) is 0 Å². The Morgan fingerprint density at radius 2 is 2.09 bits per heavy atom. The Balaban J connectivity index is 1.90. The van der Waals surface area contributed by atoms with E-state index in [0.29, 0.717) is 18.8 Å². The minimum atomic E-state index is -0.279.